The molecule has 0 amide bonds. The first-order valence-corrected chi connectivity index (χ1v) is 10.0. The van der Waals surface area contributed by atoms with Crippen LogP contribution in [0.15, 0.2) is 84.7 Å². The van der Waals surface area contributed by atoms with Crippen LogP contribution in [0.3, 0.4) is 0 Å². The fourth-order valence-corrected chi connectivity index (χ4v) is 3.72. The Hall–Kier alpha value is -4.13. The predicted molar refractivity (Wildman–Crippen MR) is 126 cm³/mol. The van der Waals surface area contributed by atoms with Crippen LogP contribution >= 0.6 is 0 Å². The van der Waals surface area contributed by atoms with Gasteiger partial charge in [-0.05, 0) is 31.2 Å². The SMILES string of the molecule is C=C1C(Nc2ccc3ncn(C)c3c2)=NC(c2ccc3cnn(C)c3c2)=CN1/C=C\C. The fraction of sp³-hybridized carbons (Fsp3) is 0.125. The van der Waals surface area contributed by atoms with Crippen molar-refractivity contribution in [2.45, 2.75) is 6.92 Å². The Balaban J connectivity index is 1.56. The summed E-state index contributed by atoms with van der Waals surface area (Å²) in [6.45, 7) is 6.23. The summed E-state index contributed by atoms with van der Waals surface area (Å²) in [6, 6.07) is 12.3. The van der Waals surface area contributed by atoms with Crippen LogP contribution in [0.4, 0.5) is 5.69 Å². The van der Waals surface area contributed by atoms with E-state index in [2.05, 4.69) is 46.2 Å². The molecule has 2 aromatic carbocycles. The number of aryl methyl sites for hydroxylation is 2. The summed E-state index contributed by atoms with van der Waals surface area (Å²) in [5.41, 5.74) is 6.63. The molecule has 0 radical (unpaired) electrons. The molecule has 5 rings (SSSR count). The summed E-state index contributed by atoms with van der Waals surface area (Å²) in [6.07, 6.45) is 9.64. The largest absolute Gasteiger partial charge is 0.338 e. The van der Waals surface area contributed by atoms with E-state index in [-0.39, 0.29) is 0 Å². The fourth-order valence-electron chi connectivity index (χ4n) is 3.72. The molecule has 1 N–H and O–H groups in total. The van der Waals surface area contributed by atoms with Crippen LogP contribution in [0, 0.1) is 0 Å². The van der Waals surface area contributed by atoms with E-state index >= 15 is 0 Å². The number of rotatable bonds is 3. The monoisotopic (exact) mass is 409 g/mol. The number of hydrogen-bond acceptors (Lipinski definition) is 5. The number of fused-ring (bicyclic) bond motifs is 2. The minimum atomic E-state index is 0.697. The summed E-state index contributed by atoms with van der Waals surface area (Å²) in [5, 5.41) is 8.89. The molecule has 2 aromatic heterocycles. The van der Waals surface area contributed by atoms with E-state index in [0.717, 1.165) is 44.6 Å². The highest BCUT2D eigenvalue weighted by atomic mass is 15.2. The summed E-state index contributed by atoms with van der Waals surface area (Å²) >= 11 is 0. The molecule has 0 unspecified atom stereocenters. The van der Waals surface area contributed by atoms with Gasteiger partial charge in [0.25, 0.3) is 0 Å². The molecular formula is C24H23N7. The third kappa shape index (κ3) is 3.30. The van der Waals surface area contributed by atoms with E-state index in [0.29, 0.717) is 5.84 Å². The molecule has 0 saturated carbocycles. The average molecular weight is 409 g/mol. The molecule has 0 atom stereocenters. The van der Waals surface area contributed by atoms with Crippen LogP contribution in [0.1, 0.15) is 12.5 Å². The molecule has 3 heterocycles. The number of anilines is 1. The van der Waals surface area contributed by atoms with Gasteiger partial charge in [0.05, 0.1) is 40.5 Å². The third-order valence-corrected chi connectivity index (χ3v) is 5.42. The molecule has 7 nitrogen and oxygen atoms in total. The molecule has 154 valence electrons. The number of nitrogens with zero attached hydrogens (tertiary/aromatic N) is 6. The Morgan fingerprint density at radius 1 is 1.06 bits per heavy atom. The first-order chi connectivity index (χ1) is 15.0. The minimum absolute atomic E-state index is 0.697. The van der Waals surface area contributed by atoms with Crippen molar-refractivity contribution < 1.29 is 0 Å². The summed E-state index contributed by atoms with van der Waals surface area (Å²) in [7, 11) is 3.93. The molecular weight excluding hydrogens is 386 g/mol. The first kappa shape index (κ1) is 18.9. The topological polar surface area (TPSA) is 63.3 Å². The van der Waals surface area contributed by atoms with Gasteiger partial charge in [0.15, 0.2) is 5.84 Å². The van der Waals surface area contributed by atoms with Gasteiger partial charge in [-0.1, -0.05) is 24.8 Å². The third-order valence-electron chi connectivity index (χ3n) is 5.42. The molecule has 0 fully saturated rings. The second-order valence-corrected chi connectivity index (χ2v) is 7.54. The van der Waals surface area contributed by atoms with Crippen LogP contribution in [-0.4, -0.2) is 30.1 Å². The predicted octanol–water partition coefficient (Wildman–Crippen LogP) is 4.63. The average Bonchev–Trinajstić information content (AvgIpc) is 3.33. The molecule has 31 heavy (non-hydrogen) atoms. The van der Waals surface area contributed by atoms with Gasteiger partial charge in [-0.25, -0.2) is 9.98 Å². The van der Waals surface area contributed by atoms with Gasteiger partial charge < -0.3 is 14.8 Å². The van der Waals surface area contributed by atoms with E-state index in [4.69, 9.17) is 4.99 Å². The van der Waals surface area contributed by atoms with Crippen LogP contribution in [-0.2, 0) is 14.1 Å². The second-order valence-electron chi connectivity index (χ2n) is 7.54. The van der Waals surface area contributed by atoms with Crippen LogP contribution in [0.5, 0.6) is 0 Å². The Kier molecular flexibility index (Phi) is 4.43. The van der Waals surface area contributed by atoms with Crippen LogP contribution < -0.4 is 5.32 Å². The molecule has 4 aromatic rings. The van der Waals surface area contributed by atoms with Crippen molar-refractivity contribution in [1.82, 2.24) is 24.2 Å². The summed E-state index contributed by atoms with van der Waals surface area (Å²) in [4.78, 5) is 11.3. The van der Waals surface area contributed by atoms with Crippen LogP contribution in [0.2, 0.25) is 0 Å². The highest BCUT2D eigenvalue weighted by Gasteiger charge is 2.19. The van der Waals surface area contributed by atoms with Gasteiger partial charge >= 0.3 is 0 Å². The Morgan fingerprint density at radius 2 is 1.94 bits per heavy atom. The molecule has 1 aliphatic heterocycles. The van der Waals surface area contributed by atoms with Gasteiger partial charge in [0, 0.05) is 43.1 Å². The lowest BCUT2D eigenvalue weighted by molar-refractivity contribution is 0.658. The highest BCUT2D eigenvalue weighted by Crippen LogP contribution is 2.28. The van der Waals surface area contributed by atoms with Gasteiger partial charge in [-0.15, -0.1) is 0 Å². The molecule has 7 heteroatoms. The zero-order chi connectivity index (χ0) is 21.5. The maximum absolute atomic E-state index is 4.91. The number of allylic oxidation sites excluding steroid dienone is 1. The van der Waals surface area contributed by atoms with Crippen molar-refractivity contribution in [3.05, 3.63) is 85.2 Å². The van der Waals surface area contributed by atoms with E-state index in [9.17, 15) is 0 Å². The van der Waals surface area contributed by atoms with E-state index < -0.39 is 0 Å². The smallest absolute Gasteiger partial charge is 0.154 e. The lowest BCUT2D eigenvalue weighted by Gasteiger charge is -2.26. The Bertz CT molecular complexity index is 1410. The van der Waals surface area contributed by atoms with Crippen molar-refractivity contribution >= 4 is 39.2 Å². The first-order valence-electron chi connectivity index (χ1n) is 10.0. The lowest BCUT2D eigenvalue weighted by atomic mass is 10.1. The lowest BCUT2D eigenvalue weighted by Crippen LogP contribution is -2.26. The van der Waals surface area contributed by atoms with Crippen molar-refractivity contribution in [3.8, 4) is 0 Å². The van der Waals surface area contributed by atoms with Gasteiger partial charge in [-0.2, -0.15) is 5.10 Å². The molecule has 0 bridgehead atoms. The van der Waals surface area contributed by atoms with Gasteiger partial charge in [-0.3, -0.25) is 4.68 Å². The number of nitrogens with one attached hydrogen (secondary N) is 1. The van der Waals surface area contributed by atoms with Crippen molar-refractivity contribution in [1.29, 1.82) is 0 Å². The van der Waals surface area contributed by atoms with E-state index in [1.807, 2.05) is 78.3 Å². The normalized spacial score (nSPS) is 14.5. The number of benzene rings is 2. The zero-order valence-corrected chi connectivity index (χ0v) is 17.7. The Labute approximate surface area is 180 Å². The second kappa shape index (κ2) is 7.28. The van der Waals surface area contributed by atoms with Crippen LogP contribution in [0.25, 0.3) is 27.6 Å². The van der Waals surface area contributed by atoms with Crippen molar-refractivity contribution in [3.63, 3.8) is 0 Å². The zero-order valence-electron chi connectivity index (χ0n) is 17.7. The molecule has 0 saturated heterocycles. The Morgan fingerprint density at radius 3 is 2.77 bits per heavy atom. The number of aromatic nitrogens is 4. The number of aliphatic imine (C=N–C) groups is 1. The minimum Gasteiger partial charge on any atom is -0.338 e. The highest BCUT2D eigenvalue weighted by molar-refractivity contribution is 6.11. The quantitative estimate of drug-likeness (QED) is 0.536. The molecule has 0 aliphatic carbocycles. The standard InChI is InChI=1S/C24H23N7/c1-5-10-31-14-21(17-6-7-18-13-26-30(4)22(18)11-17)28-24(16(31)2)27-19-8-9-20-23(12-19)29(3)15-25-20/h5-15H,2H2,1,3-4H3,(H,27,28)/b10-5-. The van der Waals surface area contributed by atoms with E-state index in [1.165, 1.54) is 0 Å². The molecule has 1 aliphatic rings. The number of amidine groups is 1. The van der Waals surface area contributed by atoms with Crippen molar-refractivity contribution in [2.75, 3.05) is 5.32 Å². The van der Waals surface area contributed by atoms with E-state index in [1.54, 1.807) is 0 Å². The number of hydrogen-bond donors (Lipinski definition) is 1. The van der Waals surface area contributed by atoms with Gasteiger partial charge in [0.1, 0.15) is 0 Å². The summed E-state index contributed by atoms with van der Waals surface area (Å²) in [5.74, 6) is 0.697. The molecule has 0 spiro atoms. The van der Waals surface area contributed by atoms with Crippen molar-refractivity contribution in [2.24, 2.45) is 19.1 Å². The number of imidazole rings is 1. The van der Waals surface area contributed by atoms with Gasteiger partial charge in [0.2, 0.25) is 0 Å². The maximum Gasteiger partial charge on any atom is 0.154 e. The summed E-state index contributed by atoms with van der Waals surface area (Å²) < 4.78 is 3.87. The maximum atomic E-state index is 4.91.